The van der Waals surface area contributed by atoms with E-state index in [1.165, 1.54) is 57.2 Å². The second-order valence-corrected chi connectivity index (χ2v) is 6.38. The van der Waals surface area contributed by atoms with E-state index >= 15 is 0 Å². The molecule has 1 saturated heterocycles. The van der Waals surface area contributed by atoms with Crippen molar-refractivity contribution in [1.29, 1.82) is 0 Å². The molecule has 2 heterocycles. The normalized spacial score (nSPS) is 23.2. The van der Waals surface area contributed by atoms with Crippen molar-refractivity contribution in [2.45, 2.75) is 51.6 Å². The summed E-state index contributed by atoms with van der Waals surface area (Å²) in [6.07, 6.45) is 10.5. The summed E-state index contributed by atoms with van der Waals surface area (Å²) in [5.41, 5.74) is 2.08. The van der Waals surface area contributed by atoms with Crippen LogP contribution in [-0.2, 0) is 13.1 Å². The maximum Gasteiger partial charge on any atom is 0.122 e. The summed E-state index contributed by atoms with van der Waals surface area (Å²) in [7, 11) is 1.97. The molecule has 0 amide bonds. The highest BCUT2D eigenvalue weighted by atomic mass is 16.3. The fraction of sp³-hybridized carbons (Fsp3) is 0.750. The summed E-state index contributed by atoms with van der Waals surface area (Å²) >= 11 is 0. The van der Waals surface area contributed by atoms with Crippen molar-refractivity contribution in [3.63, 3.8) is 0 Å². The molecule has 1 aliphatic heterocycles. The van der Waals surface area contributed by atoms with Gasteiger partial charge in [-0.05, 0) is 57.3 Å². The minimum Gasteiger partial charge on any atom is -0.468 e. The zero-order valence-corrected chi connectivity index (χ0v) is 12.1. The molecule has 1 aromatic heterocycles. The van der Waals surface area contributed by atoms with Gasteiger partial charge in [0.1, 0.15) is 5.76 Å². The smallest absolute Gasteiger partial charge is 0.122 e. The first-order valence-electron chi connectivity index (χ1n) is 7.74. The van der Waals surface area contributed by atoms with Crippen molar-refractivity contribution < 1.29 is 4.42 Å². The number of piperidine rings is 1. The molecule has 0 bridgehead atoms. The zero-order valence-electron chi connectivity index (χ0n) is 12.1. The lowest BCUT2D eigenvalue weighted by atomic mass is 9.77. The molecule has 106 valence electrons. The van der Waals surface area contributed by atoms with Gasteiger partial charge in [0.15, 0.2) is 0 Å². The van der Waals surface area contributed by atoms with Gasteiger partial charge in [-0.3, -0.25) is 4.90 Å². The molecule has 0 atom stereocenters. The predicted molar refractivity (Wildman–Crippen MR) is 76.9 cm³/mol. The van der Waals surface area contributed by atoms with Crippen molar-refractivity contribution in [1.82, 2.24) is 10.2 Å². The molecule has 1 N–H and O–H groups in total. The number of hydrogen-bond acceptors (Lipinski definition) is 3. The van der Waals surface area contributed by atoms with E-state index in [4.69, 9.17) is 4.42 Å². The molecule has 0 aromatic carbocycles. The van der Waals surface area contributed by atoms with Gasteiger partial charge in [0.25, 0.3) is 0 Å². The van der Waals surface area contributed by atoms with Crippen LogP contribution in [0.15, 0.2) is 16.7 Å². The van der Waals surface area contributed by atoms with E-state index in [1.54, 1.807) is 0 Å². The summed E-state index contributed by atoms with van der Waals surface area (Å²) in [6.45, 7) is 4.43. The van der Waals surface area contributed by atoms with E-state index in [2.05, 4.69) is 16.3 Å². The Labute approximate surface area is 116 Å². The van der Waals surface area contributed by atoms with Gasteiger partial charge >= 0.3 is 0 Å². The van der Waals surface area contributed by atoms with E-state index in [0.29, 0.717) is 0 Å². The number of nitrogens with zero attached hydrogens (tertiary/aromatic N) is 1. The van der Waals surface area contributed by atoms with E-state index < -0.39 is 0 Å². The van der Waals surface area contributed by atoms with Gasteiger partial charge in [-0.15, -0.1) is 0 Å². The number of furan rings is 1. The van der Waals surface area contributed by atoms with Crippen molar-refractivity contribution in [3.8, 4) is 0 Å². The zero-order chi connectivity index (χ0) is 13.1. The molecule has 0 unspecified atom stereocenters. The number of rotatable bonds is 4. The van der Waals surface area contributed by atoms with E-state index in [-0.39, 0.29) is 0 Å². The maximum absolute atomic E-state index is 5.55. The molecule has 1 spiro atoms. The van der Waals surface area contributed by atoms with E-state index in [1.807, 2.05) is 13.3 Å². The summed E-state index contributed by atoms with van der Waals surface area (Å²) in [6, 6.07) is 2.13. The molecular weight excluding hydrogens is 236 g/mol. The minimum atomic E-state index is 0.723. The molecule has 19 heavy (non-hydrogen) atoms. The van der Waals surface area contributed by atoms with Gasteiger partial charge in [0.05, 0.1) is 12.8 Å². The third kappa shape index (κ3) is 2.87. The largest absolute Gasteiger partial charge is 0.468 e. The van der Waals surface area contributed by atoms with Gasteiger partial charge in [0.2, 0.25) is 0 Å². The molecule has 2 aliphatic rings. The van der Waals surface area contributed by atoms with Gasteiger partial charge in [-0.1, -0.05) is 12.8 Å². The third-order valence-electron chi connectivity index (χ3n) is 5.15. The first-order valence-corrected chi connectivity index (χ1v) is 7.74. The lowest BCUT2D eigenvalue weighted by Crippen LogP contribution is -2.38. The molecule has 1 aliphatic carbocycles. The lowest BCUT2D eigenvalue weighted by Gasteiger charge is -2.39. The Morgan fingerprint density at radius 1 is 1.21 bits per heavy atom. The first kappa shape index (κ1) is 13.2. The fourth-order valence-electron chi connectivity index (χ4n) is 3.87. The highest BCUT2D eigenvalue weighted by Crippen LogP contribution is 2.46. The average Bonchev–Trinajstić information content (AvgIpc) is 3.04. The van der Waals surface area contributed by atoms with Crippen LogP contribution in [0.25, 0.3) is 0 Å². The molecule has 2 fully saturated rings. The lowest BCUT2D eigenvalue weighted by molar-refractivity contribution is 0.103. The molecule has 1 aromatic rings. The van der Waals surface area contributed by atoms with Crippen LogP contribution >= 0.6 is 0 Å². The van der Waals surface area contributed by atoms with Crippen LogP contribution in [0.5, 0.6) is 0 Å². The number of likely N-dealkylation sites (tertiary alicyclic amines) is 1. The average molecular weight is 262 g/mol. The Morgan fingerprint density at radius 2 is 1.95 bits per heavy atom. The Bertz CT molecular complexity index is 397. The topological polar surface area (TPSA) is 28.4 Å². The van der Waals surface area contributed by atoms with Crippen LogP contribution in [0, 0.1) is 5.41 Å². The fourth-order valence-corrected chi connectivity index (χ4v) is 3.87. The molecular formula is C16H26N2O. The third-order valence-corrected chi connectivity index (χ3v) is 5.15. The monoisotopic (exact) mass is 262 g/mol. The second kappa shape index (κ2) is 5.68. The summed E-state index contributed by atoms with van der Waals surface area (Å²) in [5, 5.41) is 3.18. The Morgan fingerprint density at radius 3 is 2.63 bits per heavy atom. The Kier molecular flexibility index (Phi) is 3.94. The van der Waals surface area contributed by atoms with Crippen molar-refractivity contribution >= 4 is 0 Å². The number of hydrogen-bond donors (Lipinski definition) is 1. The highest BCUT2D eigenvalue weighted by molar-refractivity contribution is 5.17. The van der Waals surface area contributed by atoms with Crippen LogP contribution in [0.4, 0.5) is 0 Å². The van der Waals surface area contributed by atoms with Crippen molar-refractivity contribution in [2.24, 2.45) is 5.41 Å². The summed E-state index contributed by atoms with van der Waals surface area (Å²) < 4.78 is 5.55. The van der Waals surface area contributed by atoms with Crippen LogP contribution in [0.2, 0.25) is 0 Å². The first-order chi connectivity index (χ1) is 9.31. The molecule has 0 radical (unpaired) electrons. The van der Waals surface area contributed by atoms with Crippen LogP contribution in [0.1, 0.15) is 49.8 Å². The van der Waals surface area contributed by atoms with Crippen LogP contribution in [0.3, 0.4) is 0 Å². The molecule has 3 rings (SSSR count). The van der Waals surface area contributed by atoms with E-state index in [9.17, 15) is 0 Å². The summed E-state index contributed by atoms with van der Waals surface area (Å²) in [4.78, 5) is 2.60. The van der Waals surface area contributed by atoms with Crippen molar-refractivity contribution in [3.05, 3.63) is 23.7 Å². The minimum absolute atomic E-state index is 0.723. The SMILES string of the molecule is CNCc1occc1CN1CCC2(CCCC2)CC1. The molecule has 1 saturated carbocycles. The number of nitrogens with one attached hydrogen (secondary N) is 1. The van der Waals surface area contributed by atoms with Crippen LogP contribution < -0.4 is 5.32 Å². The maximum atomic E-state index is 5.55. The summed E-state index contributed by atoms with van der Waals surface area (Å²) in [5.74, 6) is 1.10. The predicted octanol–water partition coefficient (Wildman–Crippen LogP) is 3.16. The standard InChI is InChI=1S/C16H26N2O/c1-17-12-15-14(4-11-19-15)13-18-9-7-16(8-10-18)5-2-3-6-16/h4,11,17H,2-3,5-10,12-13H2,1H3. The van der Waals surface area contributed by atoms with Gasteiger partial charge < -0.3 is 9.73 Å². The van der Waals surface area contributed by atoms with Gasteiger partial charge in [-0.25, -0.2) is 0 Å². The Hall–Kier alpha value is -0.800. The van der Waals surface area contributed by atoms with Crippen LogP contribution in [-0.4, -0.2) is 25.0 Å². The highest BCUT2D eigenvalue weighted by Gasteiger charge is 2.36. The second-order valence-electron chi connectivity index (χ2n) is 6.38. The Balaban J connectivity index is 1.55. The molecule has 3 heteroatoms. The van der Waals surface area contributed by atoms with Crippen molar-refractivity contribution in [2.75, 3.05) is 20.1 Å². The van der Waals surface area contributed by atoms with Gasteiger partial charge in [-0.2, -0.15) is 0 Å². The van der Waals surface area contributed by atoms with E-state index in [0.717, 1.165) is 24.3 Å². The molecule has 3 nitrogen and oxygen atoms in total. The quantitative estimate of drug-likeness (QED) is 0.903. The van der Waals surface area contributed by atoms with Gasteiger partial charge in [0, 0.05) is 12.1 Å².